The van der Waals surface area contributed by atoms with E-state index in [9.17, 15) is 0 Å². The van der Waals surface area contributed by atoms with Crippen molar-refractivity contribution in [2.24, 2.45) is 0 Å². The van der Waals surface area contributed by atoms with Gasteiger partial charge in [0.25, 0.3) is 0 Å². The number of nitrogens with two attached hydrogens (primary N) is 1. The van der Waals surface area contributed by atoms with Crippen LogP contribution in [0, 0.1) is 0 Å². The highest BCUT2D eigenvalue weighted by molar-refractivity contribution is 5.82. The normalized spacial score (nSPS) is 11.4. The van der Waals surface area contributed by atoms with Crippen LogP contribution in [0.25, 0.3) is 0 Å². The Labute approximate surface area is 322 Å². The number of rotatable bonds is 31. The second-order valence-corrected chi connectivity index (χ2v) is 15.8. The zero-order chi connectivity index (χ0) is 37.1. The molecular formula is C50H80N2. The largest absolute Gasteiger partial charge is 0.399 e. The van der Waals surface area contributed by atoms with E-state index in [4.69, 9.17) is 5.73 Å². The average Bonchev–Trinajstić information content (AvgIpc) is 3.16. The quantitative estimate of drug-likeness (QED) is 0.0532. The molecule has 0 saturated carbocycles. The second-order valence-electron chi connectivity index (χ2n) is 15.8. The second kappa shape index (κ2) is 27.8. The summed E-state index contributed by atoms with van der Waals surface area (Å²) in [6, 6.07) is 23.2. The Morgan fingerprint density at radius 1 is 0.365 bits per heavy atom. The number of unbranched alkanes of at least 4 members (excludes halogenated alkanes) is 20. The van der Waals surface area contributed by atoms with E-state index in [1.807, 2.05) is 0 Å². The van der Waals surface area contributed by atoms with Crippen LogP contribution >= 0.6 is 0 Å². The zero-order valence-electron chi connectivity index (χ0n) is 34.6. The number of hydrogen-bond acceptors (Lipinski definition) is 2. The lowest BCUT2D eigenvalue weighted by Gasteiger charge is -2.32. The molecule has 0 aliphatic rings. The molecule has 2 N–H and O–H groups in total. The Hall–Kier alpha value is -2.74. The van der Waals surface area contributed by atoms with Gasteiger partial charge < -0.3 is 10.6 Å². The highest BCUT2D eigenvalue weighted by Crippen LogP contribution is 2.42. The van der Waals surface area contributed by atoms with Crippen molar-refractivity contribution in [2.75, 3.05) is 10.6 Å². The third kappa shape index (κ3) is 16.1. The van der Waals surface area contributed by atoms with Gasteiger partial charge in [0.2, 0.25) is 0 Å². The molecule has 0 bridgehead atoms. The Morgan fingerprint density at radius 3 is 1.06 bits per heavy atom. The highest BCUT2D eigenvalue weighted by Gasteiger charge is 2.22. The zero-order valence-corrected chi connectivity index (χ0v) is 34.6. The van der Waals surface area contributed by atoms with Crippen LogP contribution in [0.3, 0.4) is 0 Å². The maximum atomic E-state index is 6.32. The summed E-state index contributed by atoms with van der Waals surface area (Å²) in [7, 11) is 0. The van der Waals surface area contributed by atoms with Gasteiger partial charge in [-0.1, -0.05) is 180 Å². The number of benzene rings is 3. The Morgan fingerprint density at radius 2 is 0.692 bits per heavy atom. The fraction of sp³-hybridized carbons (Fsp3) is 0.640. The van der Waals surface area contributed by atoms with Gasteiger partial charge in [-0.2, -0.15) is 0 Å². The maximum absolute atomic E-state index is 6.32. The van der Waals surface area contributed by atoms with Crippen LogP contribution in [0.5, 0.6) is 0 Å². The predicted molar refractivity (Wildman–Crippen MR) is 234 cm³/mol. The predicted octanol–water partition coefficient (Wildman–Crippen LogP) is 16.4. The van der Waals surface area contributed by atoms with Gasteiger partial charge in [-0.05, 0) is 110 Å². The van der Waals surface area contributed by atoms with E-state index in [2.05, 4.69) is 93.3 Å². The third-order valence-electron chi connectivity index (χ3n) is 11.3. The van der Waals surface area contributed by atoms with Gasteiger partial charge in [0.05, 0.1) is 0 Å². The van der Waals surface area contributed by atoms with E-state index in [0.29, 0.717) is 0 Å². The van der Waals surface area contributed by atoms with Crippen LogP contribution < -0.4 is 10.6 Å². The van der Waals surface area contributed by atoms with E-state index >= 15 is 0 Å². The monoisotopic (exact) mass is 709 g/mol. The van der Waals surface area contributed by atoms with Crippen molar-refractivity contribution < 1.29 is 0 Å². The topological polar surface area (TPSA) is 29.3 Å². The summed E-state index contributed by atoms with van der Waals surface area (Å²) in [4.78, 5) is 2.65. The molecule has 3 aromatic carbocycles. The molecule has 3 rings (SSSR count). The molecule has 290 valence electrons. The summed E-state index contributed by atoms with van der Waals surface area (Å²) in [5.41, 5.74) is 17.5. The first-order valence-corrected chi connectivity index (χ1v) is 22.5. The summed E-state index contributed by atoms with van der Waals surface area (Å²) in [5, 5.41) is 0. The first-order valence-electron chi connectivity index (χ1n) is 22.5. The minimum Gasteiger partial charge on any atom is -0.399 e. The molecule has 0 fully saturated rings. The van der Waals surface area contributed by atoms with Crippen molar-refractivity contribution >= 4 is 22.7 Å². The third-order valence-corrected chi connectivity index (χ3v) is 11.3. The van der Waals surface area contributed by atoms with Gasteiger partial charge in [0.15, 0.2) is 0 Å². The SMILES string of the molecule is CCCCCCCCc1cccc(N(c2ccc(N)cc2)c2cccc(CCCCCCCC)c2CCCCCCCC)c1CCCCCCCC. The van der Waals surface area contributed by atoms with E-state index in [1.165, 1.54) is 184 Å². The number of nitrogen functional groups attached to an aromatic ring is 1. The number of nitrogens with zero attached hydrogens (tertiary/aromatic N) is 1. The summed E-state index contributed by atoms with van der Waals surface area (Å²) in [6.07, 6.45) is 36.7. The van der Waals surface area contributed by atoms with Crippen molar-refractivity contribution in [1.29, 1.82) is 0 Å². The van der Waals surface area contributed by atoms with Crippen molar-refractivity contribution in [3.8, 4) is 0 Å². The molecule has 0 heterocycles. The lowest BCUT2D eigenvalue weighted by Crippen LogP contribution is -2.16. The summed E-state index contributed by atoms with van der Waals surface area (Å²) >= 11 is 0. The van der Waals surface area contributed by atoms with Gasteiger partial charge >= 0.3 is 0 Å². The van der Waals surface area contributed by atoms with Crippen LogP contribution in [0.2, 0.25) is 0 Å². The molecule has 0 radical (unpaired) electrons. The minimum absolute atomic E-state index is 0.831. The van der Waals surface area contributed by atoms with Crippen LogP contribution in [0.15, 0.2) is 60.7 Å². The first-order chi connectivity index (χ1) is 25.6. The fourth-order valence-electron chi connectivity index (χ4n) is 8.09. The van der Waals surface area contributed by atoms with E-state index in [-0.39, 0.29) is 0 Å². The lowest BCUT2D eigenvalue weighted by molar-refractivity contribution is 0.598. The molecule has 0 atom stereocenters. The molecule has 2 nitrogen and oxygen atoms in total. The Balaban J connectivity index is 2.05. The van der Waals surface area contributed by atoms with Gasteiger partial charge in [-0.15, -0.1) is 0 Å². The maximum Gasteiger partial charge on any atom is 0.0496 e. The van der Waals surface area contributed by atoms with Gasteiger partial charge in [-0.25, -0.2) is 0 Å². The average molecular weight is 709 g/mol. The lowest BCUT2D eigenvalue weighted by atomic mass is 9.91. The summed E-state index contributed by atoms with van der Waals surface area (Å²) < 4.78 is 0. The van der Waals surface area contributed by atoms with Crippen LogP contribution in [0.4, 0.5) is 22.7 Å². The molecule has 0 aliphatic heterocycles. The summed E-state index contributed by atoms with van der Waals surface area (Å²) in [5.74, 6) is 0. The molecule has 0 spiro atoms. The van der Waals surface area contributed by atoms with Crippen molar-refractivity contribution in [1.82, 2.24) is 0 Å². The smallest absolute Gasteiger partial charge is 0.0496 e. The molecule has 2 heteroatoms. The minimum atomic E-state index is 0.831. The number of anilines is 4. The fourth-order valence-corrected chi connectivity index (χ4v) is 8.09. The van der Waals surface area contributed by atoms with Gasteiger partial charge in [0, 0.05) is 22.7 Å². The Bertz CT molecular complexity index is 1230. The standard InChI is InChI=1S/C50H80N2/c1-5-9-13-17-21-25-31-43-33-29-37-49(47(43)35-27-23-19-15-11-7-3)52(46-41-39-45(51)40-42-46)50-38-30-34-44(32-26-22-18-14-10-6-2)48(50)36-28-24-20-16-12-8-4/h29-30,33-34,37-42H,5-28,31-32,35-36,51H2,1-4H3. The highest BCUT2D eigenvalue weighted by atomic mass is 15.1. The van der Waals surface area contributed by atoms with Crippen molar-refractivity contribution in [3.63, 3.8) is 0 Å². The van der Waals surface area contributed by atoms with Crippen molar-refractivity contribution in [3.05, 3.63) is 82.9 Å². The summed E-state index contributed by atoms with van der Waals surface area (Å²) in [6.45, 7) is 9.27. The molecule has 0 aliphatic carbocycles. The van der Waals surface area contributed by atoms with Crippen molar-refractivity contribution in [2.45, 2.75) is 207 Å². The number of aryl methyl sites for hydroxylation is 2. The van der Waals surface area contributed by atoms with E-state index in [0.717, 1.165) is 18.5 Å². The van der Waals surface area contributed by atoms with Crippen LogP contribution in [-0.2, 0) is 25.7 Å². The molecule has 3 aromatic rings. The molecule has 0 saturated heterocycles. The molecule has 0 aromatic heterocycles. The molecular weight excluding hydrogens is 629 g/mol. The molecule has 52 heavy (non-hydrogen) atoms. The van der Waals surface area contributed by atoms with Crippen LogP contribution in [0.1, 0.15) is 204 Å². The van der Waals surface area contributed by atoms with Gasteiger partial charge in [-0.3, -0.25) is 0 Å². The molecule has 0 unspecified atom stereocenters. The van der Waals surface area contributed by atoms with E-state index in [1.54, 1.807) is 22.3 Å². The molecule has 0 amide bonds. The van der Waals surface area contributed by atoms with E-state index < -0.39 is 0 Å². The Kier molecular flexibility index (Phi) is 23.3. The van der Waals surface area contributed by atoms with Crippen LogP contribution in [-0.4, -0.2) is 0 Å². The first kappa shape index (κ1) is 43.7. The number of hydrogen-bond donors (Lipinski definition) is 1. The van der Waals surface area contributed by atoms with Gasteiger partial charge in [0.1, 0.15) is 0 Å².